The molecule has 6 heteroatoms. The van der Waals surface area contributed by atoms with Crippen molar-refractivity contribution in [1.29, 1.82) is 0 Å². The van der Waals surface area contributed by atoms with E-state index in [0.717, 1.165) is 17.7 Å². The standard InChI is InChI=1S/C21H22N4O2/c1-2-15-24-20(26)14-13-19(22-24)21(27)23-25(18-11-7-4-8-12-18)16-17-9-5-3-6-10-17/h3-14H,2,15-16H2,1H3,(H,23,27). The summed E-state index contributed by atoms with van der Waals surface area (Å²) in [6.45, 7) is 2.94. The number of anilines is 1. The molecule has 1 aromatic heterocycles. The van der Waals surface area contributed by atoms with E-state index in [1.165, 1.54) is 16.8 Å². The Labute approximate surface area is 158 Å². The molecule has 1 N–H and O–H groups in total. The molecule has 3 aromatic rings. The fourth-order valence-electron chi connectivity index (χ4n) is 2.69. The number of carbonyl (C=O) groups is 1. The van der Waals surface area contributed by atoms with E-state index in [1.54, 1.807) is 5.01 Å². The predicted molar refractivity (Wildman–Crippen MR) is 105 cm³/mol. The highest BCUT2D eigenvalue weighted by atomic mass is 16.2. The number of amides is 1. The molecule has 1 amide bonds. The highest BCUT2D eigenvalue weighted by molar-refractivity contribution is 5.93. The maximum atomic E-state index is 12.8. The van der Waals surface area contributed by atoms with Crippen LogP contribution in [0.5, 0.6) is 0 Å². The van der Waals surface area contributed by atoms with Crippen molar-refractivity contribution in [3.8, 4) is 0 Å². The summed E-state index contributed by atoms with van der Waals surface area (Å²) in [5.74, 6) is -0.361. The Bertz CT molecular complexity index is 939. The minimum absolute atomic E-state index is 0.206. The van der Waals surface area contributed by atoms with Crippen LogP contribution < -0.4 is 16.0 Å². The van der Waals surface area contributed by atoms with Crippen molar-refractivity contribution >= 4 is 11.6 Å². The number of carbonyl (C=O) groups excluding carboxylic acids is 1. The Morgan fingerprint density at radius 3 is 2.33 bits per heavy atom. The van der Waals surface area contributed by atoms with Crippen LogP contribution in [0.4, 0.5) is 5.69 Å². The van der Waals surface area contributed by atoms with Crippen molar-refractivity contribution in [1.82, 2.24) is 15.2 Å². The number of rotatable bonds is 7. The molecule has 0 atom stereocenters. The molecule has 0 radical (unpaired) electrons. The summed E-state index contributed by atoms with van der Waals surface area (Å²) in [7, 11) is 0. The first-order valence-corrected chi connectivity index (χ1v) is 8.93. The van der Waals surface area contributed by atoms with Gasteiger partial charge in [-0.3, -0.25) is 20.0 Å². The lowest BCUT2D eigenvalue weighted by atomic mass is 10.2. The minimum atomic E-state index is -0.361. The third kappa shape index (κ3) is 4.82. The van der Waals surface area contributed by atoms with Gasteiger partial charge >= 0.3 is 0 Å². The second kappa shape index (κ2) is 8.80. The van der Waals surface area contributed by atoms with Gasteiger partial charge in [0.1, 0.15) is 0 Å². The molecule has 0 saturated heterocycles. The van der Waals surface area contributed by atoms with E-state index in [0.29, 0.717) is 13.1 Å². The lowest BCUT2D eigenvalue weighted by Crippen LogP contribution is -2.43. The van der Waals surface area contributed by atoms with E-state index in [-0.39, 0.29) is 17.2 Å². The number of hydrogen-bond acceptors (Lipinski definition) is 4. The molecule has 0 aliphatic carbocycles. The fraction of sp³-hybridized carbons (Fsp3) is 0.190. The molecular formula is C21H22N4O2. The summed E-state index contributed by atoms with van der Waals surface area (Å²) >= 11 is 0. The second-order valence-electron chi connectivity index (χ2n) is 6.13. The highest BCUT2D eigenvalue weighted by Crippen LogP contribution is 2.15. The third-order valence-electron chi connectivity index (χ3n) is 4.02. The summed E-state index contributed by atoms with van der Waals surface area (Å²) < 4.78 is 1.32. The first kappa shape index (κ1) is 18.4. The molecule has 0 spiro atoms. The Balaban J connectivity index is 1.84. The van der Waals surface area contributed by atoms with Crippen molar-refractivity contribution < 1.29 is 4.79 Å². The van der Waals surface area contributed by atoms with E-state index in [9.17, 15) is 9.59 Å². The van der Waals surface area contributed by atoms with Crippen LogP contribution in [0.15, 0.2) is 77.6 Å². The Hall–Kier alpha value is -3.41. The van der Waals surface area contributed by atoms with Gasteiger partial charge in [-0.05, 0) is 30.2 Å². The molecular weight excluding hydrogens is 340 g/mol. The van der Waals surface area contributed by atoms with Crippen molar-refractivity contribution in [3.63, 3.8) is 0 Å². The number of aryl methyl sites for hydroxylation is 1. The number of nitrogens with one attached hydrogen (secondary N) is 1. The molecule has 2 aromatic carbocycles. The smallest absolute Gasteiger partial charge is 0.281 e. The quantitative estimate of drug-likeness (QED) is 0.656. The molecule has 27 heavy (non-hydrogen) atoms. The highest BCUT2D eigenvalue weighted by Gasteiger charge is 2.15. The summed E-state index contributed by atoms with van der Waals surface area (Å²) in [6, 6.07) is 22.3. The van der Waals surface area contributed by atoms with E-state index in [4.69, 9.17) is 0 Å². The average molecular weight is 362 g/mol. The van der Waals surface area contributed by atoms with Crippen molar-refractivity contribution in [3.05, 3.63) is 94.4 Å². The van der Waals surface area contributed by atoms with Gasteiger partial charge in [-0.25, -0.2) is 4.68 Å². The van der Waals surface area contributed by atoms with Crippen LogP contribution in [0.25, 0.3) is 0 Å². The summed E-state index contributed by atoms with van der Waals surface area (Å²) in [5.41, 5.74) is 4.82. The monoisotopic (exact) mass is 362 g/mol. The lowest BCUT2D eigenvalue weighted by Gasteiger charge is -2.25. The first-order chi connectivity index (χ1) is 13.2. The number of benzene rings is 2. The van der Waals surface area contributed by atoms with E-state index < -0.39 is 0 Å². The average Bonchev–Trinajstić information content (AvgIpc) is 2.70. The molecule has 0 bridgehead atoms. The van der Waals surface area contributed by atoms with Crippen molar-refractivity contribution in [2.24, 2.45) is 0 Å². The van der Waals surface area contributed by atoms with Gasteiger partial charge in [0.05, 0.1) is 12.2 Å². The number of nitrogens with zero attached hydrogens (tertiary/aromatic N) is 3. The number of aromatic nitrogens is 2. The van der Waals surface area contributed by atoms with Gasteiger partial charge in [0, 0.05) is 12.6 Å². The van der Waals surface area contributed by atoms with Crippen LogP contribution in [0.1, 0.15) is 29.4 Å². The molecule has 0 aliphatic heterocycles. The van der Waals surface area contributed by atoms with E-state index in [1.807, 2.05) is 67.6 Å². The molecule has 1 heterocycles. The lowest BCUT2D eigenvalue weighted by molar-refractivity contribution is 0.0940. The zero-order chi connectivity index (χ0) is 19.1. The maximum Gasteiger partial charge on any atom is 0.290 e. The van der Waals surface area contributed by atoms with Crippen LogP contribution in [0.3, 0.4) is 0 Å². The number of hydrogen-bond donors (Lipinski definition) is 1. The van der Waals surface area contributed by atoms with Gasteiger partial charge in [-0.2, -0.15) is 5.10 Å². The van der Waals surface area contributed by atoms with Gasteiger partial charge in [-0.15, -0.1) is 0 Å². The van der Waals surface area contributed by atoms with Gasteiger partial charge < -0.3 is 0 Å². The van der Waals surface area contributed by atoms with Gasteiger partial charge in [0.25, 0.3) is 11.5 Å². The molecule has 0 aliphatic rings. The van der Waals surface area contributed by atoms with E-state index in [2.05, 4.69) is 10.5 Å². The van der Waals surface area contributed by atoms with Crippen LogP contribution in [-0.4, -0.2) is 15.7 Å². The SMILES string of the molecule is CCCn1nc(C(=O)NN(Cc2ccccc2)c2ccccc2)ccc1=O. The first-order valence-electron chi connectivity index (χ1n) is 8.93. The third-order valence-corrected chi connectivity index (χ3v) is 4.02. The van der Waals surface area contributed by atoms with Gasteiger partial charge in [0.15, 0.2) is 5.69 Å². The fourth-order valence-corrected chi connectivity index (χ4v) is 2.69. The summed E-state index contributed by atoms with van der Waals surface area (Å²) in [5, 5.41) is 5.95. The molecule has 138 valence electrons. The topological polar surface area (TPSA) is 67.2 Å². The minimum Gasteiger partial charge on any atom is -0.281 e. The zero-order valence-corrected chi connectivity index (χ0v) is 15.2. The Morgan fingerprint density at radius 1 is 1.00 bits per heavy atom. The van der Waals surface area contributed by atoms with Gasteiger partial charge in [0.2, 0.25) is 0 Å². The summed E-state index contributed by atoms with van der Waals surface area (Å²) in [6.07, 6.45) is 0.766. The van der Waals surface area contributed by atoms with Crippen LogP contribution in [-0.2, 0) is 13.1 Å². The predicted octanol–water partition coefficient (Wildman–Crippen LogP) is 3.00. The van der Waals surface area contributed by atoms with Crippen LogP contribution in [0, 0.1) is 0 Å². The summed E-state index contributed by atoms with van der Waals surface area (Å²) in [4.78, 5) is 24.6. The van der Waals surface area contributed by atoms with Crippen LogP contribution in [0.2, 0.25) is 0 Å². The van der Waals surface area contributed by atoms with E-state index >= 15 is 0 Å². The normalized spacial score (nSPS) is 10.4. The molecule has 3 rings (SSSR count). The number of hydrazine groups is 1. The Morgan fingerprint density at radius 2 is 1.67 bits per heavy atom. The molecule has 6 nitrogen and oxygen atoms in total. The molecule has 0 saturated carbocycles. The number of para-hydroxylation sites is 1. The Kier molecular flexibility index (Phi) is 5.99. The molecule has 0 fully saturated rings. The second-order valence-corrected chi connectivity index (χ2v) is 6.13. The van der Waals surface area contributed by atoms with Crippen molar-refractivity contribution in [2.45, 2.75) is 26.4 Å². The van der Waals surface area contributed by atoms with Gasteiger partial charge in [-0.1, -0.05) is 55.5 Å². The molecule has 0 unspecified atom stereocenters. The zero-order valence-electron chi connectivity index (χ0n) is 15.2. The van der Waals surface area contributed by atoms with Crippen molar-refractivity contribution in [2.75, 3.05) is 5.01 Å². The largest absolute Gasteiger partial charge is 0.290 e. The maximum absolute atomic E-state index is 12.8. The van der Waals surface area contributed by atoms with Crippen LogP contribution >= 0.6 is 0 Å².